The number of rotatable bonds is 2. The molecule has 0 aliphatic heterocycles. The predicted molar refractivity (Wildman–Crippen MR) is 56.6 cm³/mol. The molecule has 2 rings (SSSR count). The third-order valence-corrected chi connectivity index (χ3v) is 3.55. The van der Waals surface area contributed by atoms with Crippen LogP contribution in [0, 0.1) is 18.3 Å². The topological polar surface area (TPSA) is 29.1 Å². The quantitative estimate of drug-likeness (QED) is 0.718. The van der Waals surface area contributed by atoms with Gasteiger partial charge in [-0.1, -0.05) is 19.8 Å². The lowest BCUT2D eigenvalue weighted by Crippen LogP contribution is -2.36. The monoisotopic (exact) mass is 194 g/mol. The van der Waals surface area contributed by atoms with Gasteiger partial charge in [0.25, 0.3) is 0 Å². The second-order valence-corrected chi connectivity index (χ2v) is 4.87. The van der Waals surface area contributed by atoms with Crippen molar-refractivity contribution in [3.05, 3.63) is 6.42 Å². The molecule has 2 atom stereocenters. The fourth-order valence-electron chi connectivity index (χ4n) is 2.64. The third-order valence-electron chi connectivity index (χ3n) is 3.55. The average Bonchev–Trinajstić information content (AvgIpc) is 2.75. The molecule has 2 fully saturated rings. The molecule has 0 aromatic rings. The van der Waals surface area contributed by atoms with Crippen LogP contribution in [0.4, 0.5) is 0 Å². The van der Waals surface area contributed by atoms with Crippen molar-refractivity contribution in [3.63, 3.8) is 0 Å². The Morgan fingerprint density at radius 3 is 2.64 bits per heavy atom. The molecule has 2 aliphatic carbocycles. The van der Waals surface area contributed by atoms with Crippen molar-refractivity contribution in [2.24, 2.45) is 11.8 Å². The zero-order valence-corrected chi connectivity index (χ0v) is 8.96. The van der Waals surface area contributed by atoms with Crippen molar-refractivity contribution in [1.82, 2.24) is 5.32 Å². The van der Waals surface area contributed by atoms with Crippen LogP contribution in [0.2, 0.25) is 0 Å². The van der Waals surface area contributed by atoms with Crippen molar-refractivity contribution < 1.29 is 4.79 Å². The van der Waals surface area contributed by atoms with Gasteiger partial charge in [-0.2, -0.15) is 0 Å². The molecule has 0 bridgehead atoms. The minimum Gasteiger partial charge on any atom is -0.353 e. The van der Waals surface area contributed by atoms with E-state index in [-0.39, 0.29) is 5.92 Å². The molecule has 2 heteroatoms. The van der Waals surface area contributed by atoms with Gasteiger partial charge in [-0.05, 0) is 38.0 Å². The summed E-state index contributed by atoms with van der Waals surface area (Å²) in [6.45, 7) is 2.20. The van der Waals surface area contributed by atoms with E-state index in [1.54, 1.807) is 0 Å². The zero-order valence-electron chi connectivity index (χ0n) is 8.96. The van der Waals surface area contributed by atoms with Gasteiger partial charge >= 0.3 is 0 Å². The standard InChI is InChI=1S/C12H20NO/c1-9-6-7-10(8-9)12(14)13-11-4-2-3-5-11/h6,9-11H,2-5,7-8H2,1H3,(H,13,14). The van der Waals surface area contributed by atoms with Gasteiger partial charge < -0.3 is 5.32 Å². The van der Waals surface area contributed by atoms with Crippen LogP contribution in [0.15, 0.2) is 0 Å². The van der Waals surface area contributed by atoms with Crippen molar-refractivity contribution in [3.8, 4) is 0 Å². The first-order valence-electron chi connectivity index (χ1n) is 5.89. The van der Waals surface area contributed by atoms with Crippen LogP contribution in [0.25, 0.3) is 0 Å². The van der Waals surface area contributed by atoms with Crippen molar-refractivity contribution in [1.29, 1.82) is 0 Å². The number of amides is 1. The summed E-state index contributed by atoms with van der Waals surface area (Å²) in [5.41, 5.74) is 0. The molecular weight excluding hydrogens is 174 g/mol. The van der Waals surface area contributed by atoms with Gasteiger partial charge in [0.05, 0.1) is 0 Å². The fourth-order valence-corrected chi connectivity index (χ4v) is 2.64. The van der Waals surface area contributed by atoms with Gasteiger partial charge in [0.1, 0.15) is 0 Å². The summed E-state index contributed by atoms with van der Waals surface area (Å²) in [5.74, 6) is 1.21. The van der Waals surface area contributed by atoms with E-state index in [2.05, 4.69) is 18.7 Å². The van der Waals surface area contributed by atoms with E-state index in [4.69, 9.17) is 0 Å². The summed E-state index contributed by atoms with van der Waals surface area (Å²) in [6.07, 6.45) is 9.28. The molecule has 14 heavy (non-hydrogen) atoms. The maximum Gasteiger partial charge on any atom is 0.223 e. The molecule has 0 aromatic heterocycles. The van der Waals surface area contributed by atoms with Crippen LogP contribution >= 0.6 is 0 Å². The van der Waals surface area contributed by atoms with E-state index in [0.717, 1.165) is 12.8 Å². The lowest BCUT2D eigenvalue weighted by Gasteiger charge is -2.15. The summed E-state index contributed by atoms with van der Waals surface area (Å²) in [7, 11) is 0. The minimum absolute atomic E-state index is 0.269. The Balaban J connectivity index is 1.77. The van der Waals surface area contributed by atoms with Crippen LogP contribution < -0.4 is 5.32 Å². The molecule has 0 heterocycles. The molecule has 2 saturated carbocycles. The smallest absolute Gasteiger partial charge is 0.223 e. The van der Waals surface area contributed by atoms with E-state index in [1.165, 1.54) is 25.7 Å². The van der Waals surface area contributed by atoms with E-state index in [1.807, 2.05) is 0 Å². The van der Waals surface area contributed by atoms with Crippen LogP contribution in [0.5, 0.6) is 0 Å². The highest BCUT2D eigenvalue weighted by atomic mass is 16.1. The molecule has 2 nitrogen and oxygen atoms in total. The molecule has 2 unspecified atom stereocenters. The van der Waals surface area contributed by atoms with Gasteiger partial charge in [-0.3, -0.25) is 4.79 Å². The Morgan fingerprint density at radius 1 is 1.36 bits per heavy atom. The van der Waals surface area contributed by atoms with E-state index in [9.17, 15) is 4.79 Å². The largest absolute Gasteiger partial charge is 0.353 e. The maximum absolute atomic E-state index is 11.8. The second-order valence-electron chi connectivity index (χ2n) is 4.87. The van der Waals surface area contributed by atoms with Crippen LogP contribution in [-0.4, -0.2) is 11.9 Å². The number of nitrogens with one attached hydrogen (secondary N) is 1. The summed E-state index contributed by atoms with van der Waals surface area (Å²) in [6, 6.07) is 0.485. The van der Waals surface area contributed by atoms with E-state index in [0.29, 0.717) is 17.9 Å². The summed E-state index contributed by atoms with van der Waals surface area (Å²) in [4.78, 5) is 11.8. The Bertz CT molecular complexity index is 208. The Labute approximate surface area is 86.5 Å². The Morgan fingerprint density at radius 2 is 2.07 bits per heavy atom. The maximum atomic E-state index is 11.8. The molecule has 1 radical (unpaired) electrons. The summed E-state index contributed by atoms with van der Waals surface area (Å²) >= 11 is 0. The van der Waals surface area contributed by atoms with Gasteiger partial charge in [0.2, 0.25) is 5.91 Å². The number of hydrogen-bond acceptors (Lipinski definition) is 1. The highest BCUT2D eigenvalue weighted by Crippen LogP contribution is 2.30. The normalized spacial score (nSPS) is 33.5. The molecule has 1 amide bonds. The van der Waals surface area contributed by atoms with Crippen LogP contribution in [0.1, 0.15) is 45.4 Å². The van der Waals surface area contributed by atoms with Gasteiger partial charge in [-0.15, -0.1) is 0 Å². The zero-order chi connectivity index (χ0) is 9.97. The third kappa shape index (κ3) is 2.28. The second kappa shape index (κ2) is 4.33. The first-order valence-corrected chi connectivity index (χ1v) is 5.89. The van der Waals surface area contributed by atoms with Gasteiger partial charge in [-0.25, -0.2) is 0 Å². The number of hydrogen-bond donors (Lipinski definition) is 1. The first kappa shape index (κ1) is 10.0. The van der Waals surface area contributed by atoms with Crippen molar-refractivity contribution >= 4 is 5.91 Å². The molecule has 2 aliphatic rings. The Kier molecular flexibility index (Phi) is 3.09. The number of carbonyl (C=O) groups is 1. The van der Waals surface area contributed by atoms with Gasteiger partial charge in [0, 0.05) is 12.0 Å². The van der Waals surface area contributed by atoms with Crippen LogP contribution in [-0.2, 0) is 4.79 Å². The van der Waals surface area contributed by atoms with Crippen LogP contribution in [0.3, 0.4) is 0 Å². The van der Waals surface area contributed by atoms with Crippen molar-refractivity contribution in [2.75, 3.05) is 0 Å². The van der Waals surface area contributed by atoms with E-state index < -0.39 is 0 Å². The SMILES string of the molecule is CC1[CH]CC(C(=O)NC2CCCC2)C1. The number of carbonyl (C=O) groups excluding carboxylic acids is 1. The lowest BCUT2D eigenvalue weighted by molar-refractivity contribution is -0.125. The highest BCUT2D eigenvalue weighted by molar-refractivity contribution is 5.79. The molecule has 0 saturated heterocycles. The summed E-state index contributed by atoms with van der Waals surface area (Å²) in [5, 5.41) is 3.18. The minimum atomic E-state index is 0.269. The van der Waals surface area contributed by atoms with E-state index >= 15 is 0 Å². The van der Waals surface area contributed by atoms with Crippen molar-refractivity contribution in [2.45, 2.75) is 51.5 Å². The molecule has 79 valence electrons. The first-order chi connectivity index (χ1) is 6.75. The molecule has 1 N–H and O–H groups in total. The predicted octanol–water partition coefficient (Wildman–Crippen LogP) is 2.30. The molecule has 0 aromatic carbocycles. The average molecular weight is 194 g/mol. The highest BCUT2D eigenvalue weighted by Gasteiger charge is 2.29. The Hall–Kier alpha value is -0.530. The molecule has 0 spiro atoms. The fraction of sp³-hybridized carbons (Fsp3) is 0.833. The molecular formula is C12H20NO. The summed E-state index contributed by atoms with van der Waals surface area (Å²) < 4.78 is 0. The van der Waals surface area contributed by atoms with Gasteiger partial charge in [0.15, 0.2) is 0 Å². The lowest BCUT2D eigenvalue weighted by atomic mass is 10.0.